The molecular formula is C16H18O2. The Bertz CT molecular complexity index is 516. The second-order valence-electron chi connectivity index (χ2n) is 4.57. The van der Waals surface area contributed by atoms with Crippen LogP contribution in [0, 0.1) is 0 Å². The lowest BCUT2D eigenvalue weighted by molar-refractivity contribution is -0.136. The van der Waals surface area contributed by atoms with Gasteiger partial charge in [0.25, 0.3) is 0 Å². The van der Waals surface area contributed by atoms with E-state index in [1.54, 1.807) is 18.1 Å². The molecule has 1 aliphatic rings. The van der Waals surface area contributed by atoms with E-state index in [0.717, 1.165) is 0 Å². The maximum atomic E-state index is 9.37. The van der Waals surface area contributed by atoms with Crippen LogP contribution >= 0.6 is 0 Å². The molecule has 0 bridgehead atoms. The lowest BCUT2D eigenvalue weighted by Crippen LogP contribution is -1.86. The molecule has 0 unspecified atom stereocenters. The highest BCUT2D eigenvalue weighted by Crippen LogP contribution is 2.26. The Balaban J connectivity index is 0.000000209. The summed E-state index contributed by atoms with van der Waals surface area (Å²) in [6.45, 7) is 1.60. The van der Waals surface area contributed by atoms with Crippen molar-refractivity contribution in [2.24, 2.45) is 0 Å². The summed E-state index contributed by atoms with van der Waals surface area (Å²) in [5.41, 5.74) is 3.14. The molecule has 0 fully saturated rings. The SMILES string of the molecule is CCC(=O)O.c1ccc2cc3c(cc2c1)CCC3. The third kappa shape index (κ3) is 2.89. The Morgan fingerprint density at radius 3 is 1.94 bits per heavy atom. The number of hydrogen-bond donors (Lipinski definition) is 1. The highest BCUT2D eigenvalue weighted by Gasteiger charge is 2.10. The molecule has 2 nitrogen and oxygen atoms in total. The van der Waals surface area contributed by atoms with Gasteiger partial charge in [-0.3, -0.25) is 4.79 Å². The van der Waals surface area contributed by atoms with Crippen LogP contribution in [0.25, 0.3) is 10.8 Å². The summed E-state index contributed by atoms with van der Waals surface area (Å²) in [7, 11) is 0. The highest BCUT2D eigenvalue weighted by molar-refractivity contribution is 5.84. The van der Waals surface area contributed by atoms with Gasteiger partial charge in [0.2, 0.25) is 0 Å². The second kappa shape index (κ2) is 5.67. The number of carbonyl (C=O) groups is 1. The topological polar surface area (TPSA) is 37.3 Å². The maximum Gasteiger partial charge on any atom is 0.303 e. The normalized spacial score (nSPS) is 12.7. The molecule has 1 aliphatic carbocycles. The zero-order valence-corrected chi connectivity index (χ0v) is 10.6. The number of carboxylic acids is 1. The average molecular weight is 242 g/mol. The Morgan fingerprint density at radius 1 is 1.11 bits per heavy atom. The molecule has 0 spiro atoms. The molecule has 0 aliphatic heterocycles. The molecule has 3 rings (SSSR count). The van der Waals surface area contributed by atoms with Crippen molar-refractivity contribution in [3.63, 3.8) is 0 Å². The second-order valence-corrected chi connectivity index (χ2v) is 4.57. The van der Waals surface area contributed by atoms with Gasteiger partial charge in [-0.2, -0.15) is 0 Å². The first kappa shape index (κ1) is 12.6. The van der Waals surface area contributed by atoms with Crippen LogP contribution in [-0.4, -0.2) is 11.1 Å². The lowest BCUT2D eigenvalue weighted by atomic mass is 10.0. The third-order valence-electron chi connectivity index (χ3n) is 3.26. The summed E-state index contributed by atoms with van der Waals surface area (Å²) in [6.07, 6.45) is 4.12. The summed E-state index contributed by atoms with van der Waals surface area (Å²) in [5.74, 6) is -0.745. The highest BCUT2D eigenvalue weighted by atomic mass is 16.4. The van der Waals surface area contributed by atoms with Gasteiger partial charge in [0.1, 0.15) is 0 Å². The van der Waals surface area contributed by atoms with E-state index in [4.69, 9.17) is 5.11 Å². The van der Waals surface area contributed by atoms with Crippen LogP contribution in [0.4, 0.5) is 0 Å². The number of carboxylic acid groups (broad SMARTS) is 1. The monoisotopic (exact) mass is 242 g/mol. The molecule has 0 atom stereocenters. The summed E-state index contributed by atoms with van der Waals surface area (Å²) in [4.78, 5) is 9.37. The van der Waals surface area contributed by atoms with Crippen LogP contribution in [0.2, 0.25) is 0 Å². The maximum absolute atomic E-state index is 9.37. The molecule has 0 saturated heterocycles. The minimum absolute atomic E-state index is 0.222. The molecule has 2 aromatic carbocycles. The molecule has 2 aromatic rings. The summed E-state index contributed by atoms with van der Waals surface area (Å²) >= 11 is 0. The molecular weight excluding hydrogens is 224 g/mol. The van der Waals surface area contributed by atoms with Gasteiger partial charge in [0.05, 0.1) is 0 Å². The van der Waals surface area contributed by atoms with Crippen LogP contribution < -0.4 is 0 Å². The van der Waals surface area contributed by atoms with E-state index in [1.807, 2.05) is 0 Å². The van der Waals surface area contributed by atoms with Gasteiger partial charge in [0, 0.05) is 6.42 Å². The Hall–Kier alpha value is -1.83. The molecule has 0 amide bonds. The van der Waals surface area contributed by atoms with Crippen LogP contribution in [0.5, 0.6) is 0 Å². The lowest BCUT2D eigenvalue weighted by Gasteiger charge is -2.02. The first-order valence-corrected chi connectivity index (χ1v) is 6.43. The quantitative estimate of drug-likeness (QED) is 0.825. The molecule has 0 radical (unpaired) electrons. The van der Waals surface area contributed by atoms with Crippen LogP contribution in [0.1, 0.15) is 30.9 Å². The van der Waals surface area contributed by atoms with Gasteiger partial charge >= 0.3 is 5.97 Å². The van der Waals surface area contributed by atoms with E-state index in [-0.39, 0.29) is 6.42 Å². The van der Waals surface area contributed by atoms with E-state index < -0.39 is 5.97 Å². The molecule has 0 aromatic heterocycles. The first-order chi connectivity index (χ1) is 8.70. The molecule has 94 valence electrons. The van der Waals surface area contributed by atoms with Crippen molar-refractivity contribution >= 4 is 16.7 Å². The van der Waals surface area contributed by atoms with Gasteiger partial charge < -0.3 is 5.11 Å². The Kier molecular flexibility index (Phi) is 3.98. The summed E-state index contributed by atoms with van der Waals surface area (Å²) in [6, 6.07) is 13.4. The first-order valence-electron chi connectivity index (χ1n) is 6.43. The number of rotatable bonds is 1. The number of aryl methyl sites for hydroxylation is 2. The molecule has 0 saturated carbocycles. The van der Waals surface area contributed by atoms with E-state index >= 15 is 0 Å². The van der Waals surface area contributed by atoms with E-state index in [9.17, 15) is 4.79 Å². The molecule has 1 N–H and O–H groups in total. The molecule has 18 heavy (non-hydrogen) atoms. The van der Waals surface area contributed by atoms with Gasteiger partial charge in [-0.25, -0.2) is 0 Å². The van der Waals surface area contributed by atoms with Crippen LogP contribution in [0.3, 0.4) is 0 Å². The van der Waals surface area contributed by atoms with Crippen molar-refractivity contribution in [1.82, 2.24) is 0 Å². The molecule has 2 heteroatoms. The Labute approximate surface area is 107 Å². The van der Waals surface area contributed by atoms with Crippen molar-refractivity contribution in [3.8, 4) is 0 Å². The predicted octanol–water partition coefficient (Wildman–Crippen LogP) is 3.81. The fraction of sp³-hybridized carbons (Fsp3) is 0.312. The van der Waals surface area contributed by atoms with Gasteiger partial charge in [-0.05, 0) is 41.2 Å². The molecule has 0 heterocycles. The number of aliphatic carboxylic acids is 1. The fourth-order valence-corrected chi connectivity index (χ4v) is 2.27. The standard InChI is InChI=1S/C13H12.C3H6O2/c1-2-5-11-9-13-7-3-6-12(13)8-10(11)4-1;1-2-3(4)5/h1-2,4-5,8-9H,3,6-7H2;2H2,1H3,(H,4,5). The van der Waals surface area contributed by atoms with Crippen molar-refractivity contribution in [2.75, 3.05) is 0 Å². The summed E-state index contributed by atoms with van der Waals surface area (Å²) < 4.78 is 0. The zero-order chi connectivity index (χ0) is 13.0. The van der Waals surface area contributed by atoms with E-state index in [2.05, 4.69) is 36.4 Å². The van der Waals surface area contributed by atoms with Gasteiger partial charge in [0.15, 0.2) is 0 Å². The minimum Gasteiger partial charge on any atom is -0.481 e. The number of hydrogen-bond acceptors (Lipinski definition) is 1. The van der Waals surface area contributed by atoms with Crippen LogP contribution in [0.15, 0.2) is 36.4 Å². The van der Waals surface area contributed by atoms with Crippen molar-refractivity contribution in [3.05, 3.63) is 47.5 Å². The number of benzene rings is 2. The Morgan fingerprint density at radius 2 is 1.56 bits per heavy atom. The van der Waals surface area contributed by atoms with Crippen LogP contribution in [-0.2, 0) is 17.6 Å². The predicted molar refractivity (Wildman–Crippen MR) is 73.9 cm³/mol. The number of fused-ring (bicyclic) bond motifs is 2. The summed E-state index contributed by atoms with van der Waals surface area (Å²) in [5, 5.41) is 10.5. The van der Waals surface area contributed by atoms with Crippen molar-refractivity contribution in [1.29, 1.82) is 0 Å². The van der Waals surface area contributed by atoms with E-state index in [0.29, 0.717) is 0 Å². The van der Waals surface area contributed by atoms with Crippen molar-refractivity contribution < 1.29 is 9.90 Å². The van der Waals surface area contributed by atoms with Gasteiger partial charge in [-0.1, -0.05) is 43.3 Å². The van der Waals surface area contributed by atoms with Gasteiger partial charge in [-0.15, -0.1) is 0 Å². The fourth-order valence-electron chi connectivity index (χ4n) is 2.27. The smallest absolute Gasteiger partial charge is 0.303 e. The third-order valence-corrected chi connectivity index (χ3v) is 3.26. The average Bonchev–Trinajstić information content (AvgIpc) is 2.83. The van der Waals surface area contributed by atoms with Crippen molar-refractivity contribution in [2.45, 2.75) is 32.6 Å². The van der Waals surface area contributed by atoms with E-state index in [1.165, 1.54) is 30.0 Å². The largest absolute Gasteiger partial charge is 0.481 e. The minimum atomic E-state index is -0.745. The zero-order valence-electron chi connectivity index (χ0n) is 10.6.